The Balaban J connectivity index is 1.36. The summed E-state index contributed by atoms with van der Waals surface area (Å²) in [6.07, 6.45) is 3.24. The summed E-state index contributed by atoms with van der Waals surface area (Å²) in [6, 6.07) is 7.90. The van der Waals surface area contributed by atoms with E-state index in [2.05, 4.69) is 10.2 Å². The molecule has 1 heterocycles. The van der Waals surface area contributed by atoms with Crippen LogP contribution in [0.3, 0.4) is 0 Å². The monoisotopic (exact) mass is 362 g/mol. The quantitative estimate of drug-likeness (QED) is 0.763. The first-order valence-electron chi connectivity index (χ1n) is 9.40. The largest absolute Gasteiger partial charge is 0.497 e. The highest BCUT2D eigenvalue weighted by Gasteiger charge is 2.55. The number of hydrogen-bond donors (Lipinski definition) is 2. The second kappa shape index (κ2) is 8.37. The summed E-state index contributed by atoms with van der Waals surface area (Å²) < 4.78 is 10.7. The maximum atomic E-state index is 12.2. The zero-order valence-electron chi connectivity index (χ0n) is 15.7. The summed E-state index contributed by atoms with van der Waals surface area (Å²) in [6.45, 7) is 2.73. The lowest BCUT2D eigenvalue weighted by atomic mass is 9.58. The van der Waals surface area contributed by atoms with Crippen molar-refractivity contribution in [2.75, 3.05) is 40.4 Å². The molecule has 1 aromatic rings. The number of carbonyl (C=O) groups is 1. The molecule has 2 aliphatic rings. The molecule has 6 heteroatoms. The third kappa shape index (κ3) is 4.03. The number of methoxy groups -OCH3 is 2. The molecule has 1 aliphatic heterocycles. The molecule has 1 saturated carbocycles. The van der Waals surface area contributed by atoms with Crippen molar-refractivity contribution in [3.8, 4) is 5.75 Å². The van der Waals surface area contributed by atoms with Gasteiger partial charge in [0.25, 0.3) is 0 Å². The van der Waals surface area contributed by atoms with E-state index in [1.165, 1.54) is 5.56 Å². The third-order valence-electron chi connectivity index (χ3n) is 6.08. The molecular weight excluding hydrogens is 332 g/mol. The number of ether oxygens (including phenoxy) is 2. The van der Waals surface area contributed by atoms with Gasteiger partial charge in [-0.25, -0.2) is 0 Å². The molecular formula is C20H30N2O4. The first-order chi connectivity index (χ1) is 12.6. The van der Waals surface area contributed by atoms with E-state index < -0.39 is 0 Å². The average Bonchev–Trinajstić information content (AvgIpc) is 2.67. The minimum Gasteiger partial charge on any atom is -0.497 e. The number of aliphatic hydroxyl groups is 1. The zero-order valence-corrected chi connectivity index (χ0v) is 15.7. The van der Waals surface area contributed by atoms with Crippen LogP contribution in [0.25, 0.3) is 0 Å². The summed E-state index contributed by atoms with van der Waals surface area (Å²) in [5.41, 5.74) is 1.09. The molecule has 2 atom stereocenters. The van der Waals surface area contributed by atoms with Crippen molar-refractivity contribution < 1.29 is 19.4 Å². The second-order valence-electron chi connectivity index (χ2n) is 7.43. The van der Waals surface area contributed by atoms with E-state index in [1.54, 1.807) is 14.2 Å². The molecule has 1 aliphatic carbocycles. The number of carbonyl (C=O) groups excluding carboxylic acids is 1. The van der Waals surface area contributed by atoms with Crippen LogP contribution in [0.2, 0.25) is 0 Å². The van der Waals surface area contributed by atoms with Gasteiger partial charge >= 0.3 is 0 Å². The van der Waals surface area contributed by atoms with Crippen molar-refractivity contribution in [2.24, 2.45) is 5.41 Å². The van der Waals surface area contributed by atoms with E-state index in [0.717, 1.165) is 44.5 Å². The molecule has 3 rings (SSSR count). The van der Waals surface area contributed by atoms with Crippen molar-refractivity contribution in [3.63, 3.8) is 0 Å². The number of nitrogens with one attached hydrogen (secondary N) is 1. The molecule has 0 radical (unpaired) electrons. The standard InChI is InChI=1S/C20H30N2O4/c1-25-16-5-3-15(4-6-16)7-10-21-19(24)14-22-11-8-20(9-12-22)17(23)13-18(20)26-2/h3-6,17-18,23H,7-14H2,1-2H3,(H,21,24)/t17-,18+/m0/s1. The topological polar surface area (TPSA) is 71.0 Å². The van der Waals surface area contributed by atoms with Crippen molar-refractivity contribution >= 4 is 5.91 Å². The predicted octanol–water partition coefficient (Wildman–Crippen LogP) is 1.22. The Kier molecular flexibility index (Phi) is 6.16. The Morgan fingerprint density at radius 3 is 2.54 bits per heavy atom. The number of amides is 1. The minimum absolute atomic E-state index is 0.0620. The highest BCUT2D eigenvalue weighted by Crippen LogP contribution is 2.50. The van der Waals surface area contributed by atoms with Gasteiger partial charge in [0.2, 0.25) is 5.91 Å². The Morgan fingerprint density at radius 1 is 1.27 bits per heavy atom. The van der Waals surface area contributed by atoms with Gasteiger partial charge in [-0.05, 0) is 50.0 Å². The van der Waals surface area contributed by atoms with Crippen molar-refractivity contribution in [1.29, 1.82) is 0 Å². The van der Waals surface area contributed by atoms with Crippen LogP contribution >= 0.6 is 0 Å². The Morgan fingerprint density at radius 2 is 1.96 bits per heavy atom. The number of hydrogen-bond acceptors (Lipinski definition) is 5. The molecule has 0 bridgehead atoms. The lowest BCUT2D eigenvalue weighted by Gasteiger charge is -2.56. The summed E-state index contributed by atoms with van der Waals surface area (Å²) in [5.74, 6) is 0.903. The van der Waals surface area contributed by atoms with Crippen LogP contribution in [0.1, 0.15) is 24.8 Å². The fourth-order valence-electron chi connectivity index (χ4n) is 4.24. The smallest absolute Gasteiger partial charge is 0.234 e. The number of nitrogens with zero attached hydrogens (tertiary/aromatic N) is 1. The molecule has 1 amide bonds. The van der Waals surface area contributed by atoms with Crippen LogP contribution in [-0.4, -0.2) is 68.5 Å². The predicted molar refractivity (Wildman–Crippen MR) is 99.2 cm³/mol. The van der Waals surface area contributed by atoms with Gasteiger partial charge in [0, 0.05) is 25.5 Å². The van der Waals surface area contributed by atoms with Gasteiger partial charge in [0.05, 0.1) is 25.9 Å². The zero-order chi connectivity index (χ0) is 18.6. The summed E-state index contributed by atoms with van der Waals surface area (Å²) in [4.78, 5) is 14.4. The van der Waals surface area contributed by atoms with Gasteiger partial charge < -0.3 is 19.9 Å². The van der Waals surface area contributed by atoms with E-state index in [-0.39, 0.29) is 23.5 Å². The third-order valence-corrected chi connectivity index (χ3v) is 6.08. The number of aliphatic hydroxyl groups excluding tert-OH is 1. The van der Waals surface area contributed by atoms with E-state index in [0.29, 0.717) is 13.1 Å². The molecule has 0 aromatic heterocycles. The van der Waals surface area contributed by atoms with Crippen molar-refractivity contribution in [3.05, 3.63) is 29.8 Å². The molecule has 1 spiro atoms. The molecule has 2 fully saturated rings. The highest BCUT2D eigenvalue weighted by molar-refractivity contribution is 5.78. The highest BCUT2D eigenvalue weighted by atomic mass is 16.5. The van der Waals surface area contributed by atoms with Gasteiger partial charge in [-0.1, -0.05) is 12.1 Å². The lowest BCUT2D eigenvalue weighted by Crippen LogP contribution is -2.62. The number of rotatable bonds is 7. The summed E-state index contributed by atoms with van der Waals surface area (Å²) in [5, 5.41) is 13.2. The van der Waals surface area contributed by atoms with Gasteiger partial charge in [0.15, 0.2) is 0 Å². The molecule has 1 aromatic carbocycles. The summed E-state index contributed by atoms with van der Waals surface area (Å²) >= 11 is 0. The van der Waals surface area contributed by atoms with E-state index in [9.17, 15) is 9.90 Å². The van der Waals surface area contributed by atoms with Crippen LogP contribution in [0.15, 0.2) is 24.3 Å². The fraction of sp³-hybridized carbons (Fsp3) is 0.650. The summed E-state index contributed by atoms with van der Waals surface area (Å²) in [7, 11) is 3.37. The SMILES string of the molecule is COc1ccc(CCNC(=O)CN2CCC3(CC2)[C@@H](O)C[C@H]3OC)cc1. The molecule has 2 N–H and O–H groups in total. The van der Waals surface area contributed by atoms with Gasteiger partial charge in [-0.15, -0.1) is 0 Å². The normalized spacial score (nSPS) is 24.9. The lowest BCUT2D eigenvalue weighted by molar-refractivity contribution is -0.201. The van der Waals surface area contributed by atoms with Crippen LogP contribution in [-0.2, 0) is 16.0 Å². The molecule has 1 saturated heterocycles. The first-order valence-corrected chi connectivity index (χ1v) is 9.40. The molecule has 6 nitrogen and oxygen atoms in total. The van der Waals surface area contributed by atoms with Crippen molar-refractivity contribution in [1.82, 2.24) is 10.2 Å². The van der Waals surface area contributed by atoms with Gasteiger partial charge in [-0.2, -0.15) is 0 Å². The fourth-order valence-corrected chi connectivity index (χ4v) is 4.24. The number of benzene rings is 1. The van der Waals surface area contributed by atoms with E-state index in [4.69, 9.17) is 9.47 Å². The molecule has 0 unspecified atom stereocenters. The second-order valence-corrected chi connectivity index (χ2v) is 7.43. The molecule has 144 valence electrons. The van der Waals surface area contributed by atoms with Gasteiger partial charge in [-0.3, -0.25) is 9.69 Å². The first kappa shape index (κ1) is 19.1. The van der Waals surface area contributed by atoms with Crippen molar-refractivity contribution in [2.45, 2.75) is 37.9 Å². The van der Waals surface area contributed by atoms with E-state index >= 15 is 0 Å². The van der Waals surface area contributed by atoms with Crippen LogP contribution in [0.5, 0.6) is 5.75 Å². The number of piperidine rings is 1. The van der Waals surface area contributed by atoms with Crippen LogP contribution in [0.4, 0.5) is 0 Å². The minimum atomic E-state index is -0.257. The van der Waals surface area contributed by atoms with E-state index in [1.807, 2.05) is 24.3 Å². The number of likely N-dealkylation sites (tertiary alicyclic amines) is 1. The average molecular weight is 362 g/mol. The maximum absolute atomic E-state index is 12.2. The molecule has 26 heavy (non-hydrogen) atoms. The maximum Gasteiger partial charge on any atom is 0.234 e. The van der Waals surface area contributed by atoms with Crippen LogP contribution in [0, 0.1) is 5.41 Å². The van der Waals surface area contributed by atoms with Gasteiger partial charge in [0.1, 0.15) is 5.75 Å². The Hall–Kier alpha value is -1.63. The van der Waals surface area contributed by atoms with Crippen LogP contribution < -0.4 is 10.1 Å². The Labute approximate surface area is 155 Å². The Bertz CT molecular complexity index is 596.